The Labute approximate surface area is 136 Å². The number of morpholine rings is 1. The van der Waals surface area contributed by atoms with Gasteiger partial charge in [0.25, 0.3) is 5.91 Å². The fraction of sp³-hybridized carbons (Fsp3) is 0.412. The molecule has 1 N–H and O–H groups in total. The molecule has 2 heterocycles. The molecular weight excluding hydrogens is 292 g/mol. The van der Waals surface area contributed by atoms with Gasteiger partial charge in [0.2, 0.25) is 0 Å². The highest BCUT2D eigenvalue weighted by molar-refractivity contribution is 5.94. The second kappa shape index (κ2) is 6.93. The number of nitrogens with one attached hydrogen (secondary N) is 1. The van der Waals surface area contributed by atoms with Crippen molar-refractivity contribution in [3.63, 3.8) is 0 Å². The summed E-state index contributed by atoms with van der Waals surface area (Å²) in [4.78, 5) is 16.8. The molecule has 1 aliphatic rings. The van der Waals surface area contributed by atoms with E-state index in [-0.39, 0.29) is 11.9 Å². The first-order valence-electron chi connectivity index (χ1n) is 7.77. The van der Waals surface area contributed by atoms with Crippen LogP contribution in [0.5, 0.6) is 0 Å². The highest BCUT2D eigenvalue weighted by atomic mass is 16.5. The second-order valence-corrected chi connectivity index (χ2v) is 6.04. The fourth-order valence-corrected chi connectivity index (χ4v) is 2.84. The Morgan fingerprint density at radius 1 is 1.35 bits per heavy atom. The monoisotopic (exact) mass is 314 g/mol. The maximum absolute atomic E-state index is 12.9. The molecule has 1 aromatic heterocycles. The average Bonchev–Trinajstić information content (AvgIpc) is 3.09. The molecule has 1 aromatic carbocycles. The summed E-state index contributed by atoms with van der Waals surface area (Å²) in [5, 5.41) is 6.92. The molecule has 1 fully saturated rings. The SMILES string of the molecule is CN(C)Cc1ccc(C(=O)N2CCOC[C@H]2c2ccn[nH]2)cc1. The van der Waals surface area contributed by atoms with Crippen molar-refractivity contribution in [2.24, 2.45) is 0 Å². The van der Waals surface area contributed by atoms with Crippen LogP contribution in [0.2, 0.25) is 0 Å². The molecule has 3 rings (SSSR count). The summed E-state index contributed by atoms with van der Waals surface area (Å²) < 4.78 is 5.54. The Balaban J connectivity index is 1.77. The smallest absolute Gasteiger partial charge is 0.254 e. The van der Waals surface area contributed by atoms with Gasteiger partial charge in [-0.1, -0.05) is 12.1 Å². The van der Waals surface area contributed by atoms with Crippen LogP contribution < -0.4 is 0 Å². The van der Waals surface area contributed by atoms with Gasteiger partial charge in [-0.2, -0.15) is 5.10 Å². The lowest BCUT2D eigenvalue weighted by Crippen LogP contribution is -2.43. The normalized spacial score (nSPS) is 18.4. The van der Waals surface area contributed by atoms with E-state index in [1.165, 1.54) is 5.56 Å². The molecular formula is C17H22N4O2. The molecule has 0 aliphatic carbocycles. The quantitative estimate of drug-likeness (QED) is 0.933. The van der Waals surface area contributed by atoms with Crippen molar-refractivity contribution in [1.82, 2.24) is 20.0 Å². The van der Waals surface area contributed by atoms with Crippen LogP contribution in [0.4, 0.5) is 0 Å². The van der Waals surface area contributed by atoms with E-state index in [0.717, 1.165) is 12.2 Å². The maximum atomic E-state index is 12.9. The Morgan fingerprint density at radius 2 is 2.13 bits per heavy atom. The van der Waals surface area contributed by atoms with Gasteiger partial charge in [-0.05, 0) is 37.9 Å². The van der Waals surface area contributed by atoms with Crippen molar-refractivity contribution in [2.75, 3.05) is 33.9 Å². The van der Waals surface area contributed by atoms with Crippen LogP contribution in [0.1, 0.15) is 27.7 Å². The molecule has 0 unspecified atom stereocenters. The molecule has 1 atom stereocenters. The number of nitrogens with zero attached hydrogens (tertiary/aromatic N) is 3. The van der Waals surface area contributed by atoms with Gasteiger partial charge in [-0.15, -0.1) is 0 Å². The lowest BCUT2D eigenvalue weighted by atomic mass is 10.1. The minimum Gasteiger partial charge on any atom is -0.377 e. The summed E-state index contributed by atoms with van der Waals surface area (Å²) in [5.41, 5.74) is 2.81. The Kier molecular flexibility index (Phi) is 4.73. The van der Waals surface area contributed by atoms with Crippen molar-refractivity contribution >= 4 is 5.91 Å². The Bertz CT molecular complexity index is 637. The highest BCUT2D eigenvalue weighted by Gasteiger charge is 2.30. The van der Waals surface area contributed by atoms with Crippen LogP contribution in [-0.4, -0.2) is 59.8 Å². The van der Waals surface area contributed by atoms with E-state index in [4.69, 9.17) is 4.74 Å². The number of aromatic amines is 1. The van der Waals surface area contributed by atoms with Gasteiger partial charge in [-0.25, -0.2) is 0 Å². The topological polar surface area (TPSA) is 61.5 Å². The van der Waals surface area contributed by atoms with Crippen LogP contribution >= 0.6 is 0 Å². The zero-order valence-electron chi connectivity index (χ0n) is 13.5. The molecule has 1 amide bonds. The third-order valence-corrected chi connectivity index (χ3v) is 3.97. The second-order valence-electron chi connectivity index (χ2n) is 6.04. The first-order valence-corrected chi connectivity index (χ1v) is 7.77. The predicted molar refractivity (Wildman–Crippen MR) is 87.0 cm³/mol. The number of carbonyl (C=O) groups excluding carboxylic acids is 1. The predicted octanol–water partition coefficient (Wildman–Crippen LogP) is 1.68. The number of amides is 1. The number of aromatic nitrogens is 2. The highest BCUT2D eigenvalue weighted by Crippen LogP contribution is 2.24. The number of hydrogen-bond acceptors (Lipinski definition) is 4. The lowest BCUT2D eigenvalue weighted by Gasteiger charge is -2.35. The Morgan fingerprint density at radius 3 is 2.78 bits per heavy atom. The van der Waals surface area contributed by atoms with Crippen molar-refractivity contribution < 1.29 is 9.53 Å². The van der Waals surface area contributed by atoms with Crippen LogP contribution in [0.25, 0.3) is 0 Å². The molecule has 0 radical (unpaired) electrons. The number of H-pyrrole nitrogens is 1. The van der Waals surface area contributed by atoms with Gasteiger partial charge in [0.05, 0.1) is 24.9 Å². The first-order chi connectivity index (χ1) is 11.1. The van der Waals surface area contributed by atoms with Crippen LogP contribution in [-0.2, 0) is 11.3 Å². The van der Waals surface area contributed by atoms with Gasteiger partial charge >= 0.3 is 0 Å². The number of benzene rings is 1. The molecule has 0 bridgehead atoms. The van der Waals surface area contributed by atoms with E-state index >= 15 is 0 Å². The first kappa shape index (κ1) is 15.7. The summed E-state index contributed by atoms with van der Waals surface area (Å²) in [6.45, 7) is 2.51. The number of ether oxygens (including phenoxy) is 1. The number of rotatable bonds is 4. The molecule has 0 saturated carbocycles. The molecule has 6 heteroatoms. The molecule has 6 nitrogen and oxygen atoms in total. The summed E-state index contributed by atoms with van der Waals surface area (Å²) in [5.74, 6) is 0.0318. The summed E-state index contributed by atoms with van der Waals surface area (Å²) in [7, 11) is 4.06. The van der Waals surface area contributed by atoms with Crippen molar-refractivity contribution in [1.29, 1.82) is 0 Å². The molecule has 23 heavy (non-hydrogen) atoms. The molecule has 122 valence electrons. The van der Waals surface area contributed by atoms with Gasteiger partial charge < -0.3 is 14.5 Å². The van der Waals surface area contributed by atoms with E-state index in [1.807, 2.05) is 49.3 Å². The van der Waals surface area contributed by atoms with Gasteiger partial charge in [0.1, 0.15) is 0 Å². The van der Waals surface area contributed by atoms with E-state index in [9.17, 15) is 4.79 Å². The van der Waals surface area contributed by atoms with E-state index in [2.05, 4.69) is 15.1 Å². The zero-order chi connectivity index (χ0) is 16.2. The van der Waals surface area contributed by atoms with Crippen molar-refractivity contribution in [2.45, 2.75) is 12.6 Å². The maximum Gasteiger partial charge on any atom is 0.254 e. The van der Waals surface area contributed by atoms with Crippen molar-refractivity contribution in [3.05, 3.63) is 53.3 Å². The minimum atomic E-state index is -0.111. The Hall–Kier alpha value is -2.18. The summed E-state index contributed by atoms with van der Waals surface area (Å²) >= 11 is 0. The molecule has 2 aromatic rings. The molecule has 1 saturated heterocycles. The molecule has 1 aliphatic heterocycles. The number of hydrogen-bond donors (Lipinski definition) is 1. The van der Waals surface area contributed by atoms with E-state index in [0.29, 0.717) is 25.3 Å². The fourth-order valence-electron chi connectivity index (χ4n) is 2.84. The van der Waals surface area contributed by atoms with Crippen LogP contribution in [0.3, 0.4) is 0 Å². The molecule has 0 spiro atoms. The van der Waals surface area contributed by atoms with Gasteiger partial charge in [0, 0.05) is 24.8 Å². The summed E-state index contributed by atoms with van der Waals surface area (Å²) in [6, 6.07) is 9.61. The largest absolute Gasteiger partial charge is 0.377 e. The van der Waals surface area contributed by atoms with Gasteiger partial charge in [0.15, 0.2) is 0 Å². The zero-order valence-corrected chi connectivity index (χ0v) is 13.5. The number of carbonyl (C=O) groups is 1. The lowest BCUT2D eigenvalue weighted by molar-refractivity contribution is -0.00391. The van der Waals surface area contributed by atoms with E-state index in [1.54, 1.807) is 6.20 Å². The summed E-state index contributed by atoms with van der Waals surface area (Å²) in [6.07, 6.45) is 1.70. The third-order valence-electron chi connectivity index (χ3n) is 3.97. The van der Waals surface area contributed by atoms with Crippen molar-refractivity contribution in [3.8, 4) is 0 Å². The minimum absolute atomic E-state index is 0.0318. The van der Waals surface area contributed by atoms with Gasteiger partial charge in [-0.3, -0.25) is 9.89 Å². The average molecular weight is 314 g/mol. The standard InChI is InChI=1S/C17H22N4O2/c1-20(2)11-13-3-5-14(6-4-13)17(22)21-9-10-23-12-16(21)15-7-8-18-19-15/h3-8,16H,9-12H2,1-2H3,(H,18,19)/t16-/m0/s1. The third kappa shape index (κ3) is 3.60. The van der Waals surface area contributed by atoms with E-state index < -0.39 is 0 Å². The van der Waals surface area contributed by atoms with Crippen LogP contribution in [0.15, 0.2) is 36.5 Å². The van der Waals surface area contributed by atoms with Crippen LogP contribution in [0, 0.1) is 0 Å².